The Hall–Kier alpha value is -2.41. The molecule has 1 aromatic carbocycles. The first-order valence-corrected chi connectivity index (χ1v) is 6.99. The lowest BCUT2D eigenvalue weighted by Gasteiger charge is -2.31. The van der Waals surface area contributed by atoms with Crippen LogP contribution in [0.15, 0.2) is 30.3 Å². The molecule has 0 aliphatic rings. The van der Waals surface area contributed by atoms with E-state index < -0.39 is 35.0 Å². The molecule has 0 bridgehead atoms. The van der Waals surface area contributed by atoms with Crippen LogP contribution in [-0.2, 0) is 25.5 Å². The van der Waals surface area contributed by atoms with Gasteiger partial charge in [-0.25, -0.2) is 0 Å². The molecule has 0 aromatic heterocycles. The van der Waals surface area contributed by atoms with E-state index in [9.17, 15) is 24.6 Å². The van der Waals surface area contributed by atoms with Crippen LogP contribution in [0.25, 0.3) is 0 Å². The zero-order valence-electron chi connectivity index (χ0n) is 13.3. The third-order valence-electron chi connectivity index (χ3n) is 3.14. The first-order chi connectivity index (χ1) is 10.5. The number of benzene rings is 1. The quantitative estimate of drug-likeness (QED) is 0.527. The van der Waals surface area contributed by atoms with Gasteiger partial charge in [-0.15, -0.1) is 0 Å². The molecule has 0 radical (unpaired) electrons. The average Bonchev–Trinajstić information content (AvgIpc) is 2.36. The van der Waals surface area contributed by atoms with Gasteiger partial charge in [-0.05, 0) is 26.3 Å². The zero-order valence-corrected chi connectivity index (χ0v) is 13.3. The van der Waals surface area contributed by atoms with Crippen LogP contribution in [0.5, 0.6) is 0 Å². The summed E-state index contributed by atoms with van der Waals surface area (Å²) in [7, 11) is 0. The van der Waals surface area contributed by atoms with Gasteiger partial charge in [0.25, 0.3) is 0 Å². The number of ether oxygens (including phenoxy) is 1. The number of carboxylic acids is 2. The number of hydrogen-bond acceptors (Lipinski definition) is 5. The normalized spacial score (nSPS) is 15.3. The molecule has 1 aromatic rings. The molecule has 0 aliphatic carbocycles. The van der Waals surface area contributed by atoms with E-state index in [0.717, 1.165) is 0 Å². The van der Waals surface area contributed by atoms with E-state index in [1.807, 2.05) is 0 Å². The first kappa shape index (κ1) is 18.6. The van der Waals surface area contributed by atoms with Crippen molar-refractivity contribution >= 4 is 17.9 Å². The van der Waals surface area contributed by atoms with Gasteiger partial charge in [0.15, 0.2) is 5.92 Å². The summed E-state index contributed by atoms with van der Waals surface area (Å²) in [5, 5.41) is 18.8. The number of nitrogens with two attached hydrogens (primary N) is 1. The summed E-state index contributed by atoms with van der Waals surface area (Å²) in [5.74, 6) is -6.43. The Morgan fingerprint density at radius 1 is 1.13 bits per heavy atom. The predicted octanol–water partition coefficient (Wildman–Crippen LogP) is 1.05. The second kappa shape index (κ2) is 6.78. The Balaban J connectivity index is 3.23. The van der Waals surface area contributed by atoms with Gasteiger partial charge in [-0.3, -0.25) is 14.4 Å². The Morgan fingerprint density at radius 3 is 2.04 bits per heavy atom. The molecular formula is C16H21NO6. The third-order valence-corrected chi connectivity index (χ3v) is 3.14. The number of esters is 1. The van der Waals surface area contributed by atoms with E-state index in [4.69, 9.17) is 10.5 Å². The van der Waals surface area contributed by atoms with E-state index in [0.29, 0.717) is 5.56 Å². The molecule has 0 saturated carbocycles. The summed E-state index contributed by atoms with van der Waals surface area (Å²) in [5.41, 5.74) is 3.08. The molecule has 7 nitrogen and oxygen atoms in total. The zero-order chi connectivity index (χ0) is 17.8. The predicted molar refractivity (Wildman–Crippen MR) is 81.7 cm³/mol. The molecule has 7 heteroatoms. The molecular weight excluding hydrogens is 302 g/mol. The van der Waals surface area contributed by atoms with Gasteiger partial charge in [0.05, 0.1) is 0 Å². The second-order valence-electron chi connectivity index (χ2n) is 6.31. The smallest absolute Gasteiger partial charge is 0.325 e. The largest absolute Gasteiger partial charge is 0.481 e. The fourth-order valence-electron chi connectivity index (χ4n) is 2.13. The van der Waals surface area contributed by atoms with Crippen molar-refractivity contribution in [2.45, 2.75) is 38.3 Å². The van der Waals surface area contributed by atoms with Crippen molar-refractivity contribution in [1.82, 2.24) is 0 Å². The van der Waals surface area contributed by atoms with Gasteiger partial charge >= 0.3 is 17.9 Å². The number of carboxylic acid groups (broad SMARTS) is 2. The van der Waals surface area contributed by atoms with E-state index in [1.165, 1.54) is 0 Å². The summed E-state index contributed by atoms with van der Waals surface area (Å²) in [4.78, 5) is 35.4. The Bertz CT molecular complexity index is 592. The lowest BCUT2D eigenvalue weighted by molar-refractivity contribution is -0.175. The minimum Gasteiger partial charge on any atom is -0.481 e. The maximum absolute atomic E-state index is 12.2. The monoisotopic (exact) mass is 323 g/mol. The number of carbonyl (C=O) groups excluding carboxylic acids is 1. The first-order valence-electron chi connectivity index (χ1n) is 6.99. The number of rotatable bonds is 6. The second-order valence-corrected chi connectivity index (χ2v) is 6.31. The molecule has 4 N–H and O–H groups in total. The van der Waals surface area contributed by atoms with Crippen LogP contribution in [0.2, 0.25) is 0 Å². The van der Waals surface area contributed by atoms with Gasteiger partial charge in [-0.2, -0.15) is 0 Å². The SMILES string of the molecule is CC(C)(C)OC(=O)C(C(=O)O)[C@](N)(Cc1ccccc1)C(=O)O. The Morgan fingerprint density at radius 2 is 1.65 bits per heavy atom. The van der Waals surface area contributed by atoms with Crippen LogP contribution in [0.4, 0.5) is 0 Å². The van der Waals surface area contributed by atoms with Gasteiger partial charge in [0.2, 0.25) is 0 Å². The Labute approximate surface area is 134 Å². The molecule has 126 valence electrons. The van der Waals surface area contributed by atoms with Crippen molar-refractivity contribution in [3.8, 4) is 0 Å². The summed E-state index contributed by atoms with van der Waals surface area (Å²) < 4.78 is 5.03. The minimum absolute atomic E-state index is 0.320. The summed E-state index contributed by atoms with van der Waals surface area (Å²) in [6, 6.07) is 8.28. The van der Waals surface area contributed by atoms with Crippen molar-refractivity contribution in [2.24, 2.45) is 11.7 Å². The maximum Gasteiger partial charge on any atom is 0.325 e. The molecule has 0 amide bonds. The van der Waals surface area contributed by atoms with E-state index >= 15 is 0 Å². The fourth-order valence-corrected chi connectivity index (χ4v) is 2.13. The van der Waals surface area contributed by atoms with Crippen LogP contribution in [0, 0.1) is 5.92 Å². The standard InChI is InChI=1S/C16H21NO6/c1-15(2,3)23-13(20)11(12(18)19)16(17,14(21)22)9-10-7-5-4-6-8-10/h4-8,11H,9,17H2,1-3H3,(H,18,19)(H,21,22)/t11?,16-/m1/s1. The van der Waals surface area contributed by atoms with Crippen LogP contribution in [0.3, 0.4) is 0 Å². The van der Waals surface area contributed by atoms with Crippen LogP contribution >= 0.6 is 0 Å². The number of carbonyl (C=O) groups is 3. The van der Waals surface area contributed by atoms with Crippen molar-refractivity contribution < 1.29 is 29.3 Å². The van der Waals surface area contributed by atoms with Crippen LogP contribution < -0.4 is 5.73 Å². The van der Waals surface area contributed by atoms with Crippen molar-refractivity contribution in [1.29, 1.82) is 0 Å². The van der Waals surface area contributed by atoms with Gasteiger partial charge in [-0.1, -0.05) is 30.3 Å². The third kappa shape index (κ3) is 4.79. The van der Waals surface area contributed by atoms with Crippen molar-refractivity contribution in [2.75, 3.05) is 0 Å². The fraction of sp³-hybridized carbons (Fsp3) is 0.438. The van der Waals surface area contributed by atoms with E-state index in [1.54, 1.807) is 51.1 Å². The number of aliphatic carboxylic acids is 2. The molecule has 23 heavy (non-hydrogen) atoms. The van der Waals surface area contributed by atoms with Gasteiger partial charge in [0.1, 0.15) is 11.1 Å². The molecule has 0 spiro atoms. The minimum atomic E-state index is -2.32. The molecule has 0 heterocycles. The molecule has 1 rings (SSSR count). The summed E-state index contributed by atoms with van der Waals surface area (Å²) in [6.45, 7) is 4.67. The highest BCUT2D eigenvalue weighted by molar-refractivity contribution is 6.02. The topological polar surface area (TPSA) is 127 Å². The number of hydrogen-bond donors (Lipinski definition) is 3. The van der Waals surface area contributed by atoms with Crippen molar-refractivity contribution in [3.05, 3.63) is 35.9 Å². The molecule has 1 unspecified atom stereocenters. The van der Waals surface area contributed by atoms with Crippen LogP contribution in [0.1, 0.15) is 26.3 Å². The van der Waals surface area contributed by atoms with Crippen LogP contribution in [-0.4, -0.2) is 39.3 Å². The highest BCUT2D eigenvalue weighted by Crippen LogP contribution is 2.25. The van der Waals surface area contributed by atoms with Gasteiger partial charge < -0.3 is 20.7 Å². The maximum atomic E-state index is 12.2. The lowest BCUT2D eigenvalue weighted by atomic mass is 9.79. The lowest BCUT2D eigenvalue weighted by Crippen LogP contribution is -2.61. The van der Waals surface area contributed by atoms with Gasteiger partial charge in [0, 0.05) is 6.42 Å². The molecule has 0 aliphatic heterocycles. The molecule has 0 fully saturated rings. The Kier molecular flexibility index (Phi) is 5.50. The summed E-state index contributed by atoms with van der Waals surface area (Å²) >= 11 is 0. The summed E-state index contributed by atoms with van der Waals surface area (Å²) in [6.07, 6.45) is -0.320. The highest BCUT2D eigenvalue weighted by atomic mass is 16.6. The highest BCUT2D eigenvalue weighted by Gasteiger charge is 2.52. The molecule has 0 saturated heterocycles. The van der Waals surface area contributed by atoms with E-state index in [-0.39, 0.29) is 6.42 Å². The van der Waals surface area contributed by atoms with Crippen molar-refractivity contribution in [3.63, 3.8) is 0 Å². The average molecular weight is 323 g/mol. The van der Waals surface area contributed by atoms with E-state index in [2.05, 4.69) is 0 Å². The molecule has 2 atom stereocenters.